The van der Waals surface area contributed by atoms with Crippen LogP contribution in [0.3, 0.4) is 0 Å². The number of hydrogen-bond donors (Lipinski definition) is 2. The van der Waals surface area contributed by atoms with E-state index in [9.17, 15) is 0 Å². The summed E-state index contributed by atoms with van der Waals surface area (Å²) in [6.07, 6.45) is 1.92. The highest BCUT2D eigenvalue weighted by molar-refractivity contribution is 7.09. The fourth-order valence-corrected chi connectivity index (χ4v) is 2.48. The maximum absolute atomic E-state index is 5.82. The molecule has 2 aromatic rings. The van der Waals surface area contributed by atoms with Gasteiger partial charge in [0.2, 0.25) is 0 Å². The molecule has 2 rings (SSSR count). The Morgan fingerprint density at radius 1 is 1.11 bits per heavy atom. The highest BCUT2D eigenvalue weighted by atomic mass is 32.1. The monoisotopic (exact) mass is 273 g/mol. The predicted molar refractivity (Wildman–Crippen MR) is 82.7 cm³/mol. The number of guanidine groups is 1. The third-order valence-electron chi connectivity index (χ3n) is 2.78. The minimum atomic E-state index is 0.535. The first-order chi connectivity index (χ1) is 9.34. The van der Waals surface area contributed by atoms with Crippen LogP contribution in [0.5, 0.6) is 0 Å². The number of nitrogens with zero attached hydrogens (tertiary/aromatic N) is 1. The molecule has 0 unspecified atom stereocenters. The minimum Gasteiger partial charge on any atom is -0.370 e. The molecule has 3 nitrogen and oxygen atoms in total. The third-order valence-corrected chi connectivity index (χ3v) is 3.72. The molecule has 0 bridgehead atoms. The van der Waals surface area contributed by atoms with Gasteiger partial charge >= 0.3 is 0 Å². The van der Waals surface area contributed by atoms with Crippen molar-refractivity contribution in [2.75, 3.05) is 13.1 Å². The van der Waals surface area contributed by atoms with Gasteiger partial charge in [0, 0.05) is 24.4 Å². The molecule has 19 heavy (non-hydrogen) atoms. The Balaban J connectivity index is 1.65. The lowest BCUT2D eigenvalue weighted by Gasteiger charge is -2.05. The van der Waals surface area contributed by atoms with Crippen molar-refractivity contribution in [3.63, 3.8) is 0 Å². The van der Waals surface area contributed by atoms with Crippen molar-refractivity contribution >= 4 is 17.3 Å². The molecular formula is C15H19N3S. The topological polar surface area (TPSA) is 50.4 Å². The van der Waals surface area contributed by atoms with E-state index in [1.807, 2.05) is 18.2 Å². The van der Waals surface area contributed by atoms with Crippen LogP contribution in [0.2, 0.25) is 0 Å². The molecule has 0 amide bonds. The summed E-state index contributed by atoms with van der Waals surface area (Å²) in [5.41, 5.74) is 7.13. The van der Waals surface area contributed by atoms with Crippen LogP contribution in [-0.4, -0.2) is 19.0 Å². The number of thiophene rings is 1. The first-order valence-electron chi connectivity index (χ1n) is 6.45. The number of rotatable bonds is 6. The summed E-state index contributed by atoms with van der Waals surface area (Å²) in [5.74, 6) is 0.535. The van der Waals surface area contributed by atoms with Gasteiger partial charge in [-0.15, -0.1) is 11.3 Å². The summed E-state index contributed by atoms with van der Waals surface area (Å²) in [6.45, 7) is 1.56. The Morgan fingerprint density at radius 2 is 1.95 bits per heavy atom. The summed E-state index contributed by atoms with van der Waals surface area (Å²) in [4.78, 5) is 5.67. The first kappa shape index (κ1) is 13.6. The van der Waals surface area contributed by atoms with Crippen molar-refractivity contribution in [3.8, 4) is 0 Å². The van der Waals surface area contributed by atoms with Gasteiger partial charge in [-0.3, -0.25) is 4.99 Å². The number of nitrogens with two attached hydrogens (primary N) is 1. The van der Waals surface area contributed by atoms with E-state index in [-0.39, 0.29) is 0 Å². The summed E-state index contributed by atoms with van der Waals surface area (Å²) in [6, 6.07) is 14.5. The van der Waals surface area contributed by atoms with Crippen LogP contribution in [0.25, 0.3) is 0 Å². The van der Waals surface area contributed by atoms with E-state index >= 15 is 0 Å². The molecule has 0 spiro atoms. The van der Waals surface area contributed by atoms with Gasteiger partial charge in [-0.2, -0.15) is 0 Å². The quantitative estimate of drug-likeness (QED) is 0.627. The first-order valence-corrected chi connectivity index (χ1v) is 7.32. The number of nitrogens with one attached hydrogen (secondary N) is 1. The van der Waals surface area contributed by atoms with Gasteiger partial charge < -0.3 is 11.1 Å². The van der Waals surface area contributed by atoms with E-state index < -0.39 is 0 Å². The smallest absolute Gasteiger partial charge is 0.188 e. The molecule has 0 saturated carbocycles. The molecule has 0 atom stereocenters. The SMILES string of the molecule is NC(=NCCc1cccs1)NCCc1ccccc1. The lowest BCUT2D eigenvalue weighted by Crippen LogP contribution is -2.33. The van der Waals surface area contributed by atoms with Crippen LogP contribution >= 0.6 is 11.3 Å². The normalized spacial score (nSPS) is 11.5. The van der Waals surface area contributed by atoms with Gasteiger partial charge in [0.05, 0.1) is 0 Å². The molecule has 4 heteroatoms. The Morgan fingerprint density at radius 3 is 2.68 bits per heavy atom. The largest absolute Gasteiger partial charge is 0.370 e. The average molecular weight is 273 g/mol. The number of hydrogen-bond acceptors (Lipinski definition) is 2. The van der Waals surface area contributed by atoms with Crippen molar-refractivity contribution in [2.24, 2.45) is 10.7 Å². The molecule has 1 aromatic carbocycles. The van der Waals surface area contributed by atoms with E-state index in [2.05, 4.69) is 40.0 Å². The molecule has 0 aliphatic carbocycles. The van der Waals surface area contributed by atoms with Gasteiger partial charge in [-0.05, 0) is 23.4 Å². The minimum absolute atomic E-state index is 0.535. The van der Waals surface area contributed by atoms with Crippen LogP contribution in [0.15, 0.2) is 52.8 Å². The van der Waals surface area contributed by atoms with E-state index in [1.54, 1.807) is 11.3 Å². The third kappa shape index (κ3) is 5.14. The zero-order chi connectivity index (χ0) is 13.3. The van der Waals surface area contributed by atoms with Crippen molar-refractivity contribution in [1.29, 1.82) is 0 Å². The van der Waals surface area contributed by atoms with Crippen molar-refractivity contribution in [3.05, 3.63) is 58.3 Å². The molecule has 0 aliphatic rings. The number of benzene rings is 1. The molecule has 0 fully saturated rings. The standard InChI is InChI=1S/C15H19N3S/c16-15(18-11-9-14-7-4-12-19-14)17-10-8-13-5-2-1-3-6-13/h1-7,12H,8-11H2,(H3,16,17,18). The predicted octanol–water partition coefficient (Wildman–Crippen LogP) is 2.44. The van der Waals surface area contributed by atoms with E-state index in [0.29, 0.717) is 5.96 Å². The van der Waals surface area contributed by atoms with Crippen LogP contribution in [-0.2, 0) is 12.8 Å². The summed E-state index contributed by atoms with van der Waals surface area (Å²) >= 11 is 1.76. The van der Waals surface area contributed by atoms with Crippen LogP contribution < -0.4 is 11.1 Å². The fourth-order valence-electron chi connectivity index (χ4n) is 1.78. The fraction of sp³-hybridized carbons (Fsp3) is 0.267. The summed E-state index contributed by atoms with van der Waals surface area (Å²) in [7, 11) is 0. The van der Waals surface area contributed by atoms with E-state index in [1.165, 1.54) is 10.4 Å². The average Bonchev–Trinajstić information content (AvgIpc) is 2.93. The second-order valence-electron chi connectivity index (χ2n) is 4.26. The maximum Gasteiger partial charge on any atom is 0.188 e. The maximum atomic E-state index is 5.82. The van der Waals surface area contributed by atoms with Gasteiger partial charge in [0.25, 0.3) is 0 Å². The van der Waals surface area contributed by atoms with Crippen LogP contribution in [0, 0.1) is 0 Å². The van der Waals surface area contributed by atoms with Gasteiger partial charge in [-0.25, -0.2) is 0 Å². The highest BCUT2D eigenvalue weighted by Crippen LogP contribution is 2.08. The zero-order valence-corrected chi connectivity index (χ0v) is 11.7. The molecule has 1 aromatic heterocycles. The van der Waals surface area contributed by atoms with Gasteiger partial charge in [0.1, 0.15) is 0 Å². The molecular weight excluding hydrogens is 254 g/mol. The van der Waals surface area contributed by atoms with Gasteiger partial charge in [0.15, 0.2) is 5.96 Å². The lowest BCUT2D eigenvalue weighted by molar-refractivity contribution is 0.845. The highest BCUT2D eigenvalue weighted by Gasteiger charge is 1.95. The number of aliphatic imine (C=N–C) groups is 1. The molecule has 0 saturated heterocycles. The van der Waals surface area contributed by atoms with Crippen LogP contribution in [0.1, 0.15) is 10.4 Å². The van der Waals surface area contributed by atoms with Gasteiger partial charge in [-0.1, -0.05) is 36.4 Å². The Labute approximate surface area is 118 Å². The lowest BCUT2D eigenvalue weighted by atomic mass is 10.1. The second-order valence-corrected chi connectivity index (χ2v) is 5.29. The van der Waals surface area contributed by atoms with E-state index in [0.717, 1.165) is 25.9 Å². The van der Waals surface area contributed by atoms with Crippen molar-refractivity contribution in [1.82, 2.24) is 5.32 Å². The zero-order valence-electron chi connectivity index (χ0n) is 10.9. The molecule has 3 N–H and O–H groups in total. The molecule has 1 heterocycles. The second kappa shape index (κ2) is 7.59. The molecule has 0 radical (unpaired) electrons. The van der Waals surface area contributed by atoms with E-state index in [4.69, 9.17) is 5.73 Å². The Bertz CT molecular complexity index is 491. The summed E-state index contributed by atoms with van der Waals surface area (Å²) in [5, 5.41) is 5.23. The van der Waals surface area contributed by atoms with Crippen molar-refractivity contribution in [2.45, 2.75) is 12.8 Å². The van der Waals surface area contributed by atoms with Crippen molar-refractivity contribution < 1.29 is 0 Å². The Hall–Kier alpha value is -1.81. The summed E-state index contributed by atoms with van der Waals surface area (Å²) < 4.78 is 0. The Kier molecular flexibility index (Phi) is 5.44. The molecule has 100 valence electrons. The van der Waals surface area contributed by atoms with Crippen LogP contribution in [0.4, 0.5) is 0 Å². The molecule has 0 aliphatic heterocycles.